The number of hydrogen-bond acceptors (Lipinski definition) is 4. The summed E-state index contributed by atoms with van der Waals surface area (Å²) in [5, 5.41) is 11.2. The van der Waals surface area contributed by atoms with Crippen molar-refractivity contribution in [1.29, 1.82) is 0 Å². The molecule has 4 N–H and O–H groups in total. The van der Waals surface area contributed by atoms with Gasteiger partial charge in [0, 0.05) is 0 Å². The second-order valence-electron chi connectivity index (χ2n) is 3.24. The summed E-state index contributed by atoms with van der Waals surface area (Å²) in [7, 11) is -0.117. The van der Waals surface area contributed by atoms with Gasteiger partial charge in [-0.3, -0.25) is 4.79 Å². The molecular formula is C9H19N2O4S+. The summed E-state index contributed by atoms with van der Waals surface area (Å²) in [5.74, 6) is 0.150. The first-order valence-corrected chi connectivity index (χ1v) is 6.92. The number of ether oxygens (including phenoxy) is 1. The Hall–Kier alpha value is -0.950. The molecule has 0 bridgehead atoms. The number of carboxylic acid groups (broad SMARTS) is 1. The third-order valence-electron chi connectivity index (χ3n) is 1.78. The quantitative estimate of drug-likeness (QED) is 0.524. The van der Waals surface area contributed by atoms with Crippen molar-refractivity contribution in [3.05, 3.63) is 0 Å². The normalized spacial score (nSPS) is 13.9. The SMILES string of the molecule is CCOC(=O)NCC[S+](C)CC(N)C(=O)O. The Balaban J connectivity index is 3.61. The number of nitrogens with two attached hydrogens (primary N) is 1. The van der Waals surface area contributed by atoms with E-state index >= 15 is 0 Å². The summed E-state index contributed by atoms with van der Waals surface area (Å²) >= 11 is 0. The van der Waals surface area contributed by atoms with Gasteiger partial charge < -0.3 is 20.9 Å². The number of carbonyl (C=O) groups excluding carboxylic acids is 1. The van der Waals surface area contributed by atoms with E-state index in [1.54, 1.807) is 6.92 Å². The number of hydrogen-bond donors (Lipinski definition) is 3. The van der Waals surface area contributed by atoms with Crippen LogP contribution in [0.1, 0.15) is 6.92 Å². The van der Waals surface area contributed by atoms with Crippen molar-refractivity contribution in [1.82, 2.24) is 5.32 Å². The van der Waals surface area contributed by atoms with Gasteiger partial charge in [0.25, 0.3) is 0 Å². The molecule has 0 fully saturated rings. The number of nitrogens with one attached hydrogen (secondary N) is 1. The van der Waals surface area contributed by atoms with E-state index in [0.29, 0.717) is 24.7 Å². The maximum absolute atomic E-state index is 10.9. The van der Waals surface area contributed by atoms with Crippen molar-refractivity contribution in [2.45, 2.75) is 13.0 Å². The molecule has 0 radical (unpaired) electrons. The molecule has 0 aromatic rings. The lowest BCUT2D eigenvalue weighted by atomic mass is 10.4. The Kier molecular flexibility index (Phi) is 7.74. The van der Waals surface area contributed by atoms with E-state index in [9.17, 15) is 9.59 Å². The number of carbonyl (C=O) groups is 2. The highest BCUT2D eigenvalue weighted by Gasteiger charge is 2.21. The minimum atomic E-state index is -0.988. The number of alkyl carbamates (subject to hydrolysis) is 1. The Morgan fingerprint density at radius 1 is 1.56 bits per heavy atom. The van der Waals surface area contributed by atoms with Crippen molar-refractivity contribution < 1.29 is 19.4 Å². The van der Waals surface area contributed by atoms with Crippen LogP contribution in [0.2, 0.25) is 0 Å². The zero-order chi connectivity index (χ0) is 12.6. The van der Waals surface area contributed by atoms with Gasteiger partial charge in [0.05, 0.1) is 19.4 Å². The molecule has 7 heteroatoms. The maximum atomic E-state index is 10.9. The first-order valence-electron chi connectivity index (χ1n) is 4.95. The van der Waals surface area contributed by atoms with Gasteiger partial charge in [-0.25, -0.2) is 4.79 Å². The van der Waals surface area contributed by atoms with Crippen LogP contribution in [0, 0.1) is 0 Å². The van der Waals surface area contributed by atoms with Gasteiger partial charge in [-0.1, -0.05) is 0 Å². The molecule has 1 amide bonds. The first kappa shape index (κ1) is 15.0. The molecule has 16 heavy (non-hydrogen) atoms. The highest BCUT2D eigenvalue weighted by molar-refractivity contribution is 7.96. The summed E-state index contributed by atoms with van der Waals surface area (Å²) < 4.78 is 4.68. The number of rotatable bonds is 7. The molecule has 94 valence electrons. The molecule has 2 unspecified atom stereocenters. The lowest BCUT2D eigenvalue weighted by Gasteiger charge is -2.08. The molecule has 0 heterocycles. The number of amides is 1. The van der Waals surface area contributed by atoms with Crippen molar-refractivity contribution in [2.75, 3.05) is 30.9 Å². The van der Waals surface area contributed by atoms with E-state index in [4.69, 9.17) is 10.8 Å². The average Bonchev–Trinajstić information content (AvgIpc) is 2.17. The van der Waals surface area contributed by atoms with Crippen molar-refractivity contribution in [3.63, 3.8) is 0 Å². The summed E-state index contributed by atoms with van der Waals surface area (Å²) in [5.41, 5.74) is 5.39. The Labute approximate surface area is 97.9 Å². The van der Waals surface area contributed by atoms with E-state index in [2.05, 4.69) is 10.1 Å². The molecule has 0 aliphatic rings. The summed E-state index contributed by atoms with van der Waals surface area (Å²) in [6, 6.07) is -0.823. The van der Waals surface area contributed by atoms with Crippen LogP contribution in [0.4, 0.5) is 4.79 Å². The predicted molar refractivity (Wildman–Crippen MR) is 63.7 cm³/mol. The molecule has 0 aromatic carbocycles. The monoisotopic (exact) mass is 251 g/mol. The van der Waals surface area contributed by atoms with Gasteiger partial charge >= 0.3 is 12.1 Å². The highest BCUT2D eigenvalue weighted by atomic mass is 32.2. The highest BCUT2D eigenvalue weighted by Crippen LogP contribution is 1.94. The van der Waals surface area contributed by atoms with Gasteiger partial charge in [0.1, 0.15) is 17.5 Å². The Bertz CT molecular complexity index is 238. The van der Waals surface area contributed by atoms with Crippen LogP contribution in [0.25, 0.3) is 0 Å². The molecular weight excluding hydrogens is 232 g/mol. The van der Waals surface area contributed by atoms with E-state index < -0.39 is 18.1 Å². The van der Waals surface area contributed by atoms with Gasteiger partial charge in [-0.05, 0) is 17.8 Å². The van der Waals surface area contributed by atoms with E-state index in [0.717, 1.165) is 0 Å². The second kappa shape index (κ2) is 8.23. The van der Waals surface area contributed by atoms with Crippen LogP contribution in [-0.2, 0) is 20.4 Å². The molecule has 0 aliphatic carbocycles. The fourth-order valence-electron chi connectivity index (χ4n) is 0.971. The van der Waals surface area contributed by atoms with Gasteiger partial charge in [0.15, 0.2) is 0 Å². The predicted octanol–water partition coefficient (Wildman–Crippen LogP) is -0.607. The topological polar surface area (TPSA) is 102 Å². The summed E-state index contributed by atoms with van der Waals surface area (Å²) in [6.45, 7) is 2.55. The molecule has 0 rings (SSSR count). The minimum absolute atomic E-state index is 0.117. The summed E-state index contributed by atoms with van der Waals surface area (Å²) in [4.78, 5) is 21.4. The van der Waals surface area contributed by atoms with Crippen LogP contribution in [0.5, 0.6) is 0 Å². The largest absolute Gasteiger partial charge is 0.480 e. The van der Waals surface area contributed by atoms with Crippen LogP contribution in [-0.4, -0.2) is 54.1 Å². The molecule has 0 aliphatic heterocycles. The molecule has 0 aromatic heterocycles. The van der Waals surface area contributed by atoms with Crippen LogP contribution in [0.15, 0.2) is 0 Å². The maximum Gasteiger partial charge on any atom is 0.407 e. The lowest BCUT2D eigenvalue weighted by Crippen LogP contribution is -2.39. The van der Waals surface area contributed by atoms with Gasteiger partial charge in [-0.15, -0.1) is 0 Å². The molecule has 2 atom stereocenters. The van der Waals surface area contributed by atoms with Crippen molar-refractivity contribution in [2.24, 2.45) is 5.73 Å². The lowest BCUT2D eigenvalue weighted by molar-refractivity contribution is -0.137. The standard InChI is InChI=1S/C9H18N2O4S/c1-3-15-9(14)11-4-5-16(2)6-7(10)8(12)13/h7H,3-6,10H2,1-2H3,(H-,11,12,13,14)/p+1. The van der Waals surface area contributed by atoms with Crippen molar-refractivity contribution >= 4 is 23.0 Å². The fourth-order valence-corrected chi connectivity index (χ4v) is 2.34. The first-order chi connectivity index (χ1) is 7.47. The Morgan fingerprint density at radius 2 is 2.19 bits per heavy atom. The Morgan fingerprint density at radius 3 is 2.69 bits per heavy atom. The molecule has 0 spiro atoms. The van der Waals surface area contributed by atoms with E-state index in [1.165, 1.54) is 0 Å². The van der Waals surface area contributed by atoms with E-state index in [1.807, 2.05) is 6.26 Å². The van der Waals surface area contributed by atoms with Crippen LogP contribution in [0.3, 0.4) is 0 Å². The van der Waals surface area contributed by atoms with Gasteiger partial charge in [0.2, 0.25) is 0 Å². The number of carboxylic acids is 1. The van der Waals surface area contributed by atoms with Crippen molar-refractivity contribution in [3.8, 4) is 0 Å². The average molecular weight is 251 g/mol. The zero-order valence-corrected chi connectivity index (χ0v) is 10.4. The van der Waals surface area contributed by atoms with Crippen LogP contribution >= 0.6 is 0 Å². The third-order valence-corrected chi connectivity index (χ3v) is 3.61. The zero-order valence-electron chi connectivity index (χ0n) is 9.56. The second-order valence-corrected chi connectivity index (χ2v) is 5.55. The third kappa shape index (κ3) is 7.36. The minimum Gasteiger partial charge on any atom is -0.480 e. The number of aliphatic carboxylic acids is 1. The fraction of sp³-hybridized carbons (Fsp3) is 0.778. The van der Waals surface area contributed by atoms with Crippen LogP contribution < -0.4 is 11.1 Å². The van der Waals surface area contributed by atoms with Gasteiger partial charge in [-0.2, -0.15) is 0 Å². The smallest absolute Gasteiger partial charge is 0.407 e. The van der Waals surface area contributed by atoms with E-state index in [-0.39, 0.29) is 10.9 Å². The summed E-state index contributed by atoms with van der Waals surface area (Å²) in [6.07, 6.45) is 1.48. The molecule has 0 saturated heterocycles. The molecule has 0 saturated carbocycles. The molecule has 6 nitrogen and oxygen atoms in total.